The standard InChI is InChI=1S/C27H31BrClFN2O6S/c1-15-18(19-12-16(28)13-21(30)23(19)32(15)25(34)38-27(5,6)7)10-11-39(35,36)31-22-9-8-17(29)14-20(22)24(33)37-26(2,3)4/h8-9,12-14,31H,10-11H2,1-7H3. The van der Waals surface area contributed by atoms with Gasteiger partial charge in [0.2, 0.25) is 10.0 Å². The third kappa shape index (κ3) is 7.73. The van der Waals surface area contributed by atoms with E-state index in [1.54, 1.807) is 54.5 Å². The fraction of sp³-hybridized carbons (Fsp3) is 0.407. The van der Waals surface area contributed by atoms with Crippen LogP contribution in [-0.4, -0.2) is 42.0 Å². The van der Waals surface area contributed by atoms with Gasteiger partial charge in [0.1, 0.15) is 17.0 Å². The molecule has 1 N–H and O–H groups in total. The summed E-state index contributed by atoms with van der Waals surface area (Å²) < 4.78 is 56.2. The third-order valence-corrected chi connectivity index (χ3v) is 7.38. The Balaban J connectivity index is 1.97. The van der Waals surface area contributed by atoms with Crippen molar-refractivity contribution >= 4 is 66.2 Å². The summed E-state index contributed by atoms with van der Waals surface area (Å²) in [5.74, 6) is -1.82. The Morgan fingerprint density at radius 3 is 2.26 bits per heavy atom. The molecular formula is C27H31BrClFN2O6S. The van der Waals surface area contributed by atoms with Crippen LogP contribution in [0.5, 0.6) is 0 Å². The van der Waals surface area contributed by atoms with Crippen molar-refractivity contribution in [2.24, 2.45) is 0 Å². The number of hydrogen-bond acceptors (Lipinski definition) is 6. The van der Waals surface area contributed by atoms with Crippen molar-refractivity contribution < 1.29 is 31.9 Å². The van der Waals surface area contributed by atoms with Gasteiger partial charge in [0.15, 0.2) is 0 Å². The zero-order valence-electron chi connectivity index (χ0n) is 22.7. The molecule has 39 heavy (non-hydrogen) atoms. The number of nitrogens with zero attached hydrogens (tertiary/aromatic N) is 1. The smallest absolute Gasteiger partial charge is 0.419 e. The number of rotatable bonds is 6. The fourth-order valence-electron chi connectivity index (χ4n) is 3.93. The normalized spacial score (nSPS) is 12.5. The molecule has 0 atom stereocenters. The summed E-state index contributed by atoms with van der Waals surface area (Å²) in [6.45, 7) is 11.8. The molecule has 1 heterocycles. The summed E-state index contributed by atoms with van der Waals surface area (Å²) >= 11 is 9.32. The van der Waals surface area contributed by atoms with Gasteiger partial charge in [-0.1, -0.05) is 27.5 Å². The maximum Gasteiger partial charge on any atom is 0.419 e. The average molecular weight is 646 g/mol. The molecule has 0 unspecified atom stereocenters. The number of esters is 1. The number of nitrogens with one attached hydrogen (secondary N) is 1. The number of sulfonamides is 1. The Morgan fingerprint density at radius 1 is 1.05 bits per heavy atom. The molecule has 3 aromatic rings. The summed E-state index contributed by atoms with van der Waals surface area (Å²) in [5.41, 5.74) is -0.851. The molecule has 0 aliphatic heterocycles. The lowest BCUT2D eigenvalue weighted by molar-refractivity contribution is 0.00704. The number of benzene rings is 2. The largest absolute Gasteiger partial charge is 0.456 e. The summed E-state index contributed by atoms with van der Waals surface area (Å²) in [6, 6.07) is 7.01. The molecule has 0 fully saturated rings. The van der Waals surface area contributed by atoms with Crippen LogP contribution in [-0.2, 0) is 25.9 Å². The zero-order chi connectivity index (χ0) is 29.5. The first-order valence-corrected chi connectivity index (χ1v) is 14.9. The van der Waals surface area contributed by atoms with Crippen LogP contribution in [0.3, 0.4) is 0 Å². The van der Waals surface area contributed by atoms with Crippen LogP contribution in [0.4, 0.5) is 14.9 Å². The second kappa shape index (κ2) is 11.1. The van der Waals surface area contributed by atoms with E-state index in [0.29, 0.717) is 21.1 Å². The van der Waals surface area contributed by atoms with E-state index in [0.717, 1.165) is 4.57 Å². The molecule has 2 aromatic carbocycles. The lowest BCUT2D eigenvalue weighted by Crippen LogP contribution is -2.28. The quantitative estimate of drug-likeness (QED) is 0.284. The summed E-state index contributed by atoms with van der Waals surface area (Å²) in [7, 11) is -4.02. The van der Waals surface area contributed by atoms with Crippen molar-refractivity contribution in [3.8, 4) is 0 Å². The highest BCUT2D eigenvalue weighted by Gasteiger charge is 2.28. The van der Waals surface area contributed by atoms with Crippen molar-refractivity contribution in [1.29, 1.82) is 0 Å². The number of aromatic nitrogens is 1. The van der Waals surface area contributed by atoms with E-state index in [9.17, 15) is 18.0 Å². The summed E-state index contributed by atoms with van der Waals surface area (Å²) in [6.07, 6.45) is -0.833. The lowest BCUT2D eigenvalue weighted by atomic mass is 10.1. The van der Waals surface area contributed by atoms with Gasteiger partial charge in [0, 0.05) is 20.6 Å². The maximum absolute atomic E-state index is 15.1. The minimum Gasteiger partial charge on any atom is -0.456 e. The zero-order valence-corrected chi connectivity index (χ0v) is 25.9. The molecule has 0 saturated heterocycles. The van der Waals surface area contributed by atoms with Crippen molar-refractivity contribution in [2.75, 3.05) is 10.5 Å². The predicted octanol–water partition coefficient (Wildman–Crippen LogP) is 7.23. The lowest BCUT2D eigenvalue weighted by Gasteiger charge is -2.21. The van der Waals surface area contributed by atoms with Crippen LogP contribution < -0.4 is 4.72 Å². The molecule has 8 nitrogen and oxygen atoms in total. The van der Waals surface area contributed by atoms with Gasteiger partial charge in [-0.05, 0) is 90.8 Å². The van der Waals surface area contributed by atoms with Crippen LogP contribution in [0.2, 0.25) is 5.02 Å². The summed E-state index contributed by atoms with van der Waals surface area (Å²) in [5, 5.41) is 0.610. The van der Waals surface area contributed by atoms with Crippen molar-refractivity contribution in [2.45, 2.75) is 66.1 Å². The van der Waals surface area contributed by atoms with E-state index < -0.39 is 44.9 Å². The SMILES string of the molecule is Cc1c(CCS(=O)(=O)Nc2ccc(Cl)cc2C(=O)OC(C)(C)C)c2cc(Br)cc(F)c2n1C(=O)OC(C)(C)C. The van der Waals surface area contributed by atoms with Gasteiger partial charge >= 0.3 is 12.1 Å². The van der Waals surface area contributed by atoms with Gasteiger partial charge in [0.05, 0.1) is 22.5 Å². The van der Waals surface area contributed by atoms with Gasteiger partial charge in [-0.25, -0.2) is 27.0 Å². The number of anilines is 1. The topological polar surface area (TPSA) is 104 Å². The van der Waals surface area contributed by atoms with Gasteiger partial charge in [-0.15, -0.1) is 0 Å². The Labute approximate surface area is 241 Å². The van der Waals surface area contributed by atoms with Crippen LogP contribution in [0, 0.1) is 12.7 Å². The molecule has 0 aliphatic carbocycles. The second-order valence-electron chi connectivity index (χ2n) is 11.0. The highest BCUT2D eigenvalue weighted by Crippen LogP contribution is 2.33. The number of halogens is 3. The Morgan fingerprint density at radius 2 is 1.67 bits per heavy atom. The molecule has 12 heteroatoms. The van der Waals surface area contributed by atoms with Crippen LogP contribution in [0.15, 0.2) is 34.8 Å². The molecule has 0 spiro atoms. The van der Waals surface area contributed by atoms with E-state index in [1.807, 2.05) is 0 Å². The third-order valence-electron chi connectivity index (χ3n) is 5.41. The van der Waals surface area contributed by atoms with Gasteiger partial charge in [-0.3, -0.25) is 4.72 Å². The van der Waals surface area contributed by atoms with Crippen molar-refractivity contribution in [1.82, 2.24) is 4.57 Å². The molecule has 0 aliphatic rings. The van der Waals surface area contributed by atoms with Crippen LogP contribution in [0.25, 0.3) is 10.9 Å². The van der Waals surface area contributed by atoms with Crippen molar-refractivity contribution in [3.63, 3.8) is 0 Å². The number of carbonyl (C=O) groups is 2. The molecule has 212 valence electrons. The van der Waals surface area contributed by atoms with Crippen LogP contribution >= 0.6 is 27.5 Å². The van der Waals surface area contributed by atoms with E-state index in [1.165, 1.54) is 24.3 Å². The number of aryl methyl sites for hydroxylation is 1. The van der Waals surface area contributed by atoms with Crippen LogP contribution in [0.1, 0.15) is 63.2 Å². The molecule has 0 saturated carbocycles. The van der Waals surface area contributed by atoms with E-state index >= 15 is 4.39 Å². The minimum atomic E-state index is -4.02. The average Bonchev–Trinajstić information content (AvgIpc) is 3.02. The highest BCUT2D eigenvalue weighted by molar-refractivity contribution is 9.10. The number of fused-ring (bicyclic) bond motifs is 1. The summed E-state index contributed by atoms with van der Waals surface area (Å²) in [4.78, 5) is 25.7. The first kappa shape index (κ1) is 30.9. The highest BCUT2D eigenvalue weighted by atomic mass is 79.9. The van der Waals surface area contributed by atoms with E-state index in [4.69, 9.17) is 21.1 Å². The van der Waals surface area contributed by atoms with Gasteiger partial charge in [0.25, 0.3) is 0 Å². The van der Waals surface area contributed by atoms with Gasteiger partial charge in [-0.2, -0.15) is 0 Å². The minimum absolute atomic E-state index is 0.00443. The van der Waals surface area contributed by atoms with E-state index in [-0.39, 0.29) is 28.2 Å². The Kier molecular flexibility index (Phi) is 8.79. The molecule has 0 bridgehead atoms. The molecular weight excluding hydrogens is 615 g/mol. The first-order valence-electron chi connectivity index (χ1n) is 12.0. The second-order valence-corrected chi connectivity index (χ2v) is 14.2. The monoisotopic (exact) mass is 644 g/mol. The molecule has 3 rings (SSSR count). The number of ether oxygens (including phenoxy) is 2. The number of hydrogen-bond donors (Lipinski definition) is 1. The number of carbonyl (C=O) groups excluding carboxylic acids is 2. The maximum atomic E-state index is 15.1. The molecule has 0 amide bonds. The molecule has 0 radical (unpaired) electrons. The molecule has 1 aromatic heterocycles. The van der Waals surface area contributed by atoms with Crippen molar-refractivity contribution in [3.05, 3.63) is 62.5 Å². The van der Waals surface area contributed by atoms with E-state index in [2.05, 4.69) is 20.7 Å². The first-order chi connectivity index (χ1) is 17.8. The Bertz CT molecular complexity index is 1560. The fourth-order valence-corrected chi connectivity index (χ4v) is 5.62. The predicted molar refractivity (Wildman–Crippen MR) is 154 cm³/mol. The van der Waals surface area contributed by atoms with Gasteiger partial charge < -0.3 is 9.47 Å². The Hall–Kier alpha value is -2.63.